The maximum Gasteiger partial charge on any atom is 0.416 e. The Balaban J connectivity index is 1.81. The van der Waals surface area contributed by atoms with E-state index in [1.807, 2.05) is 0 Å². The molecule has 0 aromatic heterocycles. The van der Waals surface area contributed by atoms with Crippen molar-refractivity contribution in [3.8, 4) is 17.2 Å². The Morgan fingerprint density at radius 1 is 1.19 bits per heavy atom. The topological polar surface area (TPSA) is 56.8 Å². The molecule has 2 aromatic rings. The molecule has 1 aliphatic rings. The Morgan fingerprint density at radius 2 is 1.93 bits per heavy atom. The number of benzene rings is 2. The van der Waals surface area contributed by atoms with Gasteiger partial charge in [0, 0.05) is 5.56 Å². The lowest BCUT2D eigenvalue weighted by molar-refractivity contribution is -0.137. The maximum atomic E-state index is 12.9. The summed E-state index contributed by atoms with van der Waals surface area (Å²) < 4.78 is 54.8. The van der Waals surface area contributed by atoms with E-state index in [9.17, 15) is 18.0 Å². The highest BCUT2D eigenvalue weighted by atomic mass is 19.4. The summed E-state index contributed by atoms with van der Waals surface area (Å²) in [5, 5.41) is 2.69. The number of rotatable bonds is 4. The van der Waals surface area contributed by atoms with Crippen LogP contribution in [0.25, 0.3) is 0 Å². The van der Waals surface area contributed by atoms with Crippen molar-refractivity contribution in [3.63, 3.8) is 0 Å². The van der Waals surface area contributed by atoms with Crippen molar-refractivity contribution in [3.05, 3.63) is 53.1 Å². The molecule has 1 atom stereocenters. The molecule has 0 fully saturated rings. The minimum Gasteiger partial charge on any atom is -0.493 e. The molecule has 8 heteroatoms. The number of halogens is 3. The molecule has 2 aromatic carbocycles. The van der Waals surface area contributed by atoms with Gasteiger partial charge in [0.1, 0.15) is 13.2 Å². The van der Waals surface area contributed by atoms with E-state index in [-0.39, 0.29) is 5.56 Å². The first-order chi connectivity index (χ1) is 12.8. The van der Waals surface area contributed by atoms with Gasteiger partial charge in [-0.1, -0.05) is 12.1 Å². The number of hydrogen-bond donors (Lipinski definition) is 1. The highest BCUT2D eigenvalue weighted by Crippen LogP contribution is 2.40. The van der Waals surface area contributed by atoms with Gasteiger partial charge in [-0.15, -0.1) is 0 Å². The third-order valence-electron chi connectivity index (χ3n) is 4.15. The van der Waals surface area contributed by atoms with Gasteiger partial charge in [-0.2, -0.15) is 13.2 Å². The second-order valence-corrected chi connectivity index (χ2v) is 6.02. The van der Waals surface area contributed by atoms with Gasteiger partial charge in [0.25, 0.3) is 5.91 Å². The molecule has 1 heterocycles. The van der Waals surface area contributed by atoms with Gasteiger partial charge in [0.05, 0.1) is 18.7 Å². The number of alkyl halides is 3. The van der Waals surface area contributed by atoms with E-state index < -0.39 is 23.7 Å². The summed E-state index contributed by atoms with van der Waals surface area (Å²) in [7, 11) is 1.44. The van der Waals surface area contributed by atoms with E-state index in [0.29, 0.717) is 36.0 Å². The van der Waals surface area contributed by atoms with Crippen LogP contribution in [-0.2, 0) is 6.18 Å². The summed E-state index contributed by atoms with van der Waals surface area (Å²) in [6, 6.07) is 7.25. The van der Waals surface area contributed by atoms with Gasteiger partial charge in [-0.3, -0.25) is 4.79 Å². The van der Waals surface area contributed by atoms with Gasteiger partial charge in [-0.25, -0.2) is 0 Å². The molecule has 0 radical (unpaired) electrons. The zero-order chi connectivity index (χ0) is 19.6. The highest BCUT2D eigenvalue weighted by Gasteiger charge is 2.31. The summed E-state index contributed by atoms with van der Waals surface area (Å²) >= 11 is 0. The molecule has 27 heavy (non-hydrogen) atoms. The summed E-state index contributed by atoms with van der Waals surface area (Å²) in [5.41, 5.74) is -0.153. The van der Waals surface area contributed by atoms with Gasteiger partial charge in [0.15, 0.2) is 11.5 Å². The summed E-state index contributed by atoms with van der Waals surface area (Å²) in [6.45, 7) is 2.34. The Kier molecular flexibility index (Phi) is 5.16. The molecule has 1 N–H and O–H groups in total. The van der Waals surface area contributed by atoms with Crippen LogP contribution in [0.4, 0.5) is 13.2 Å². The second-order valence-electron chi connectivity index (χ2n) is 6.02. The first-order valence-electron chi connectivity index (χ1n) is 8.25. The lowest BCUT2D eigenvalue weighted by Gasteiger charge is -2.22. The molecular formula is C19H18F3NO4. The quantitative estimate of drug-likeness (QED) is 0.871. The van der Waals surface area contributed by atoms with Crippen molar-refractivity contribution in [1.29, 1.82) is 0 Å². The average Bonchev–Trinajstić information content (AvgIpc) is 2.66. The van der Waals surface area contributed by atoms with E-state index >= 15 is 0 Å². The molecule has 1 aliphatic heterocycles. The smallest absolute Gasteiger partial charge is 0.416 e. The van der Waals surface area contributed by atoms with Crippen LogP contribution in [-0.4, -0.2) is 26.2 Å². The number of nitrogens with one attached hydrogen (secondary N) is 1. The molecular weight excluding hydrogens is 363 g/mol. The molecule has 1 amide bonds. The number of carbonyl (C=O) groups is 1. The third kappa shape index (κ3) is 4.10. The van der Waals surface area contributed by atoms with E-state index in [1.165, 1.54) is 31.4 Å². The van der Waals surface area contributed by atoms with Crippen LogP contribution in [0.15, 0.2) is 36.4 Å². The highest BCUT2D eigenvalue weighted by molar-refractivity contribution is 5.96. The minimum absolute atomic E-state index is 0.259. The first kappa shape index (κ1) is 18.9. The van der Waals surface area contributed by atoms with Crippen LogP contribution in [0.3, 0.4) is 0 Å². The molecule has 0 aliphatic carbocycles. The predicted molar refractivity (Wildman–Crippen MR) is 91.3 cm³/mol. The average molecular weight is 381 g/mol. The number of fused-ring (bicyclic) bond motifs is 1. The second kappa shape index (κ2) is 7.38. The third-order valence-corrected chi connectivity index (χ3v) is 4.15. The standard InChI is InChI=1S/C19H18F3NO4/c1-11(12-4-3-5-14(8-12)19(20,21)22)23-18(24)13-9-15(25-2)17-16(10-13)26-6-7-27-17/h3-5,8-11H,6-7H2,1-2H3,(H,23,24). The van der Waals surface area contributed by atoms with Gasteiger partial charge < -0.3 is 19.5 Å². The number of carbonyl (C=O) groups excluding carboxylic acids is 1. The molecule has 0 bridgehead atoms. The number of ether oxygens (including phenoxy) is 3. The number of methoxy groups -OCH3 is 1. The van der Waals surface area contributed by atoms with Gasteiger partial charge >= 0.3 is 6.18 Å². The van der Waals surface area contributed by atoms with Gasteiger partial charge in [-0.05, 0) is 36.8 Å². The van der Waals surface area contributed by atoms with Crippen LogP contribution in [0.2, 0.25) is 0 Å². The largest absolute Gasteiger partial charge is 0.493 e. The lowest BCUT2D eigenvalue weighted by atomic mass is 10.0. The minimum atomic E-state index is -4.44. The first-order valence-corrected chi connectivity index (χ1v) is 8.25. The van der Waals surface area contributed by atoms with E-state index in [1.54, 1.807) is 6.92 Å². The van der Waals surface area contributed by atoms with Crippen molar-refractivity contribution in [1.82, 2.24) is 5.32 Å². The summed E-state index contributed by atoms with van der Waals surface area (Å²) in [5.74, 6) is 0.697. The number of amides is 1. The van der Waals surface area contributed by atoms with Crippen LogP contribution in [0.1, 0.15) is 34.5 Å². The molecule has 144 valence electrons. The van der Waals surface area contributed by atoms with E-state index in [0.717, 1.165) is 12.1 Å². The lowest BCUT2D eigenvalue weighted by Crippen LogP contribution is -2.27. The van der Waals surface area contributed by atoms with E-state index in [2.05, 4.69) is 5.32 Å². The summed E-state index contributed by atoms with van der Waals surface area (Å²) in [6.07, 6.45) is -4.44. The molecule has 5 nitrogen and oxygen atoms in total. The van der Waals surface area contributed by atoms with Crippen LogP contribution in [0, 0.1) is 0 Å². The molecule has 0 saturated heterocycles. The fourth-order valence-corrected chi connectivity index (χ4v) is 2.75. The van der Waals surface area contributed by atoms with Crippen molar-refractivity contribution in [2.24, 2.45) is 0 Å². The summed E-state index contributed by atoms with van der Waals surface area (Å²) in [4.78, 5) is 12.6. The fourth-order valence-electron chi connectivity index (χ4n) is 2.75. The zero-order valence-corrected chi connectivity index (χ0v) is 14.7. The van der Waals surface area contributed by atoms with Crippen molar-refractivity contribution >= 4 is 5.91 Å². The molecule has 0 spiro atoms. The Hall–Kier alpha value is -2.90. The normalized spacial score (nSPS) is 14.4. The zero-order valence-electron chi connectivity index (χ0n) is 14.7. The van der Waals surface area contributed by atoms with Crippen molar-refractivity contribution in [2.45, 2.75) is 19.1 Å². The molecule has 0 saturated carbocycles. The maximum absolute atomic E-state index is 12.9. The van der Waals surface area contributed by atoms with Crippen LogP contribution < -0.4 is 19.5 Å². The van der Waals surface area contributed by atoms with Crippen molar-refractivity contribution < 1.29 is 32.2 Å². The van der Waals surface area contributed by atoms with Crippen LogP contribution in [0.5, 0.6) is 17.2 Å². The monoisotopic (exact) mass is 381 g/mol. The Labute approximate surface area is 154 Å². The predicted octanol–water partition coefficient (Wildman–Crippen LogP) is 3.98. The molecule has 1 unspecified atom stereocenters. The van der Waals surface area contributed by atoms with Gasteiger partial charge in [0.2, 0.25) is 5.75 Å². The van der Waals surface area contributed by atoms with E-state index in [4.69, 9.17) is 14.2 Å². The fraction of sp³-hybridized carbons (Fsp3) is 0.316. The molecule has 3 rings (SSSR count). The van der Waals surface area contributed by atoms with Crippen LogP contribution >= 0.6 is 0 Å². The Bertz CT molecular complexity index is 834. The number of hydrogen-bond acceptors (Lipinski definition) is 4. The SMILES string of the molecule is COc1cc(C(=O)NC(C)c2cccc(C(F)(F)F)c2)cc2c1OCCO2. The Morgan fingerprint density at radius 3 is 2.63 bits per heavy atom. The van der Waals surface area contributed by atoms with Crippen molar-refractivity contribution in [2.75, 3.05) is 20.3 Å².